The van der Waals surface area contributed by atoms with Crippen molar-refractivity contribution in [2.45, 2.75) is 13.5 Å². The van der Waals surface area contributed by atoms with Crippen molar-refractivity contribution in [1.29, 1.82) is 0 Å². The predicted octanol–water partition coefficient (Wildman–Crippen LogP) is 3.75. The Morgan fingerprint density at radius 3 is 2.68 bits per heavy atom. The molecule has 0 bridgehead atoms. The average Bonchev–Trinajstić information content (AvgIpc) is 2.98. The van der Waals surface area contributed by atoms with Gasteiger partial charge in [-0.2, -0.15) is 0 Å². The highest BCUT2D eigenvalue weighted by atomic mass is 35.5. The fourth-order valence-corrected chi connectivity index (χ4v) is 2.56. The molecule has 0 atom stereocenters. The first-order valence-corrected chi connectivity index (χ1v) is 8.07. The summed E-state index contributed by atoms with van der Waals surface area (Å²) in [7, 11) is 0. The molecule has 25 heavy (non-hydrogen) atoms. The van der Waals surface area contributed by atoms with Gasteiger partial charge < -0.3 is 14.4 Å². The minimum atomic E-state index is -0.392. The van der Waals surface area contributed by atoms with Crippen molar-refractivity contribution < 1.29 is 9.32 Å². The fraction of sp³-hybridized carbons (Fsp3) is 0.118. The van der Waals surface area contributed by atoms with E-state index in [1.807, 2.05) is 0 Å². The molecule has 8 heteroatoms. The summed E-state index contributed by atoms with van der Waals surface area (Å²) in [6.07, 6.45) is 1.48. The van der Waals surface area contributed by atoms with E-state index >= 15 is 0 Å². The number of carbonyl (C=O) groups excluding carboxylic acids is 1. The van der Waals surface area contributed by atoms with E-state index in [0.717, 1.165) is 5.56 Å². The highest BCUT2D eigenvalue weighted by molar-refractivity contribution is 6.42. The number of nitrogens with one attached hydrogen (secondary N) is 1. The molecule has 0 fully saturated rings. The first kappa shape index (κ1) is 17.3. The number of halogens is 2. The van der Waals surface area contributed by atoms with Crippen molar-refractivity contribution in [3.8, 4) is 0 Å². The molecule has 0 aliphatic carbocycles. The van der Waals surface area contributed by atoms with Gasteiger partial charge >= 0.3 is 0 Å². The molecule has 0 aliphatic heterocycles. The lowest BCUT2D eigenvalue weighted by Crippen LogP contribution is -2.22. The molecule has 2 aromatic heterocycles. The van der Waals surface area contributed by atoms with Gasteiger partial charge in [-0.15, -0.1) is 0 Å². The monoisotopic (exact) mass is 377 g/mol. The van der Waals surface area contributed by atoms with Crippen LogP contribution < -0.4 is 10.9 Å². The molecule has 0 radical (unpaired) electrons. The second-order valence-corrected chi connectivity index (χ2v) is 6.22. The van der Waals surface area contributed by atoms with E-state index in [-0.39, 0.29) is 12.1 Å². The summed E-state index contributed by atoms with van der Waals surface area (Å²) < 4.78 is 6.32. The number of pyridine rings is 1. The molecule has 2 heterocycles. The van der Waals surface area contributed by atoms with Gasteiger partial charge in [-0.3, -0.25) is 9.59 Å². The van der Waals surface area contributed by atoms with E-state index in [1.54, 1.807) is 31.2 Å². The van der Waals surface area contributed by atoms with Crippen molar-refractivity contribution in [3.63, 3.8) is 0 Å². The van der Waals surface area contributed by atoms with Crippen LogP contribution in [0.3, 0.4) is 0 Å². The predicted molar refractivity (Wildman–Crippen MR) is 95.5 cm³/mol. The van der Waals surface area contributed by atoms with Crippen molar-refractivity contribution >= 4 is 34.9 Å². The Hall–Kier alpha value is -2.57. The largest absolute Gasteiger partial charge is 0.360 e. The average molecular weight is 378 g/mol. The number of hydrogen-bond acceptors (Lipinski definition) is 4. The molecule has 0 spiro atoms. The van der Waals surface area contributed by atoms with Crippen LogP contribution in [0, 0.1) is 6.92 Å². The second-order valence-electron chi connectivity index (χ2n) is 5.41. The number of amides is 1. The molecule has 0 saturated heterocycles. The third-order valence-corrected chi connectivity index (χ3v) is 4.19. The zero-order valence-corrected chi connectivity index (χ0v) is 14.6. The Labute approximate surface area is 153 Å². The van der Waals surface area contributed by atoms with Gasteiger partial charge in [0.15, 0.2) is 5.82 Å². The van der Waals surface area contributed by atoms with Gasteiger partial charge in [0, 0.05) is 18.3 Å². The highest BCUT2D eigenvalue weighted by Crippen LogP contribution is 2.22. The maximum Gasteiger partial charge on any atom is 0.258 e. The number of aryl methyl sites for hydroxylation is 1. The summed E-state index contributed by atoms with van der Waals surface area (Å²) >= 11 is 11.9. The number of aromatic nitrogens is 2. The summed E-state index contributed by atoms with van der Waals surface area (Å²) in [4.78, 5) is 24.3. The Kier molecular flexibility index (Phi) is 4.92. The molecule has 3 rings (SSSR count). The van der Waals surface area contributed by atoms with E-state index in [0.29, 0.717) is 27.2 Å². The van der Waals surface area contributed by atoms with Crippen LogP contribution in [0.4, 0.5) is 5.82 Å². The van der Waals surface area contributed by atoms with E-state index in [1.165, 1.54) is 22.9 Å². The maximum atomic E-state index is 12.3. The molecule has 128 valence electrons. The van der Waals surface area contributed by atoms with Gasteiger partial charge in [-0.25, -0.2) is 0 Å². The quantitative estimate of drug-likeness (QED) is 0.750. The SMILES string of the molecule is Cc1cc(NC(=O)c2ccc(=O)n(Cc3ccc(Cl)c(Cl)c3)c2)no1. The first-order chi connectivity index (χ1) is 11.9. The standard InChI is InChI=1S/C17H13Cl2N3O3/c1-10-6-15(21-25-10)20-17(24)12-3-5-16(23)22(9-12)8-11-2-4-13(18)14(19)7-11/h2-7,9H,8H2,1H3,(H,20,21,24). The lowest BCUT2D eigenvalue weighted by atomic mass is 10.2. The smallest absolute Gasteiger partial charge is 0.258 e. The summed E-state index contributed by atoms with van der Waals surface area (Å²) in [6, 6.07) is 9.50. The zero-order valence-electron chi connectivity index (χ0n) is 13.1. The van der Waals surface area contributed by atoms with Crippen LogP contribution >= 0.6 is 23.2 Å². The molecule has 1 N–H and O–H groups in total. The van der Waals surface area contributed by atoms with E-state index in [2.05, 4.69) is 10.5 Å². The summed E-state index contributed by atoms with van der Waals surface area (Å²) in [6.45, 7) is 1.99. The van der Waals surface area contributed by atoms with Gasteiger partial charge in [0.1, 0.15) is 5.76 Å². The van der Waals surface area contributed by atoms with Gasteiger partial charge in [-0.05, 0) is 30.7 Å². The topological polar surface area (TPSA) is 77.1 Å². The van der Waals surface area contributed by atoms with Crippen molar-refractivity contribution in [2.24, 2.45) is 0 Å². The maximum absolute atomic E-state index is 12.3. The van der Waals surface area contributed by atoms with Gasteiger partial charge in [0.2, 0.25) is 0 Å². The molecule has 0 unspecified atom stereocenters. The minimum absolute atomic E-state index is 0.236. The first-order valence-electron chi connectivity index (χ1n) is 7.31. The van der Waals surface area contributed by atoms with Crippen LogP contribution in [-0.4, -0.2) is 15.6 Å². The third kappa shape index (κ3) is 4.10. The summed E-state index contributed by atoms with van der Waals surface area (Å²) in [5.74, 6) is 0.501. The number of rotatable bonds is 4. The Morgan fingerprint density at radius 2 is 2.00 bits per heavy atom. The van der Waals surface area contributed by atoms with Gasteiger partial charge in [-0.1, -0.05) is 34.4 Å². The number of carbonyl (C=O) groups is 1. The second kappa shape index (κ2) is 7.13. The molecule has 1 amide bonds. The lowest BCUT2D eigenvalue weighted by molar-refractivity contribution is 0.102. The zero-order chi connectivity index (χ0) is 18.0. The molecular weight excluding hydrogens is 365 g/mol. The van der Waals surface area contributed by atoms with E-state index in [9.17, 15) is 9.59 Å². The van der Waals surface area contributed by atoms with E-state index < -0.39 is 5.91 Å². The van der Waals surface area contributed by atoms with Crippen molar-refractivity contribution in [3.05, 3.63) is 79.9 Å². The number of hydrogen-bond donors (Lipinski definition) is 1. The Bertz CT molecular complexity index is 995. The molecule has 1 aromatic carbocycles. The van der Waals surface area contributed by atoms with Gasteiger partial charge in [0.25, 0.3) is 11.5 Å². The van der Waals surface area contributed by atoms with Crippen molar-refractivity contribution in [1.82, 2.24) is 9.72 Å². The highest BCUT2D eigenvalue weighted by Gasteiger charge is 2.11. The molecule has 6 nitrogen and oxygen atoms in total. The molecular formula is C17H13Cl2N3O3. The summed E-state index contributed by atoms with van der Waals surface area (Å²) in [5.41, 5.74) is 0.876. The van der Waals surface area contributed by atoms with Crippen molar-refractivity contribution in [2.75, 3.05) is 5.32 Å². The molecule has 0 saturated carbocycles. The van der Waals surface area contributed by atoms with Crippen LogP contribution in [-0.2, 0) is 6.54 Å². The van der Waals surface area contributed by atoms with Gasteiger partial charge in [0.05, 0.1) is 22.2 Å². The van der Waals surface area contributed by atoms with Crippen LogP contribution in [0.25, 0.3) is 0 Å². The normalized spacial score (nSPS) is 10.7. The Morgan fingerprint density at radius 1 is 1.20 bits per heavy atom. The molecule has 0 aliphatic rings. The van der Waals surface area contributed by atoms with E-state index in [4.69, 9.17) is 27.7 Å². The minimum Gasteiger partial charge on any atom is -0.360 e. The van der Waals surface area contributed by atoms with Crippen LogP contribution in [0.1, 0.15) is 21.7 Å². The van der Waals surface area contributed by atoms with Crippen LogP contribution in [0.15, 0.2) is 51.9 Å². The molecule has 3 aromatic rings. The van der Waals surface area contributed by atoms with Crippen LogP contribution in [0.5, 0.6) is 0 Å². The lowest BCUT2D eigenvalue weighted by Gasteiger charge is -2.09. The number of anilines is 1. The Balaban J connectivity index is 1.83. The number of benzene rings is 1. The fourth-order valence-electron chi connectivity index (χ4n) is 2.24. The number of nitrogens with zero attached hydrogens (tertiary/aromatic N) is 2. The summed E-state index contributed by atoms with van der Waals surface area (Å²) in [5, 5.41) is 7.16. The van der Waals surface area contributed by atoms with Crippen LogP contribution in [0.2, 0.25) is 10.0 Å². The third-order valence-electron chi connectivity index (χ3n) is 3.45.